The Kier molecular flexibility index (Phi) is 6.10. The molecule has 9 heteroatoms. The molecule has 6 nitrogen and oxygen atoms in total. The lowest BCUT2D eigenvalue weighted by atomic mass is 10.2. The summed E-state index contributed by atoms with van der Waals surface area (Å²) in [5.74, 6) is -1.53. The SMILES string of the molecule is CCN(CC)S(=O)(=O)c1cc(C(=O)Nc2cccnc2Cl)ccc1F. The van der Waals surface area contributed by atoms with Crippen LogP contribution in [0.25, 0.3) is 0 Å². The summed E-state index contributed by atoms with van der Waals surface area (Å²) < 4.78 is 40.3. The van der Waals surface area contributed by atoms with Gasteiger partial charge < -0.3 is 5.32 Å². The minimum Gasteiger partial charge on any atom is -0.319 e. The molecule has 0 fully saturated rings. The Balaban J connectivity index is 2.39. The monoisotopic (exact) mass is 385 g/mol. The smallest absolute Gasteiger partial charge is 0.255 e. The fraction of sp³-hybridized carbons (Fsp3) is 0.250. The Morgan fingerprint density at radius 2 is 1.96 bits per heavy atom. The molecule has 1 amide bonds. The van der Waals surface area contributed by atoms with Crippen LogP contribution >= 0.6 is 11.6 Å². The molecule has 0 aliphatic carbocycles. The third kappa shape index (κ3) is 4.15. The van der Waals surface area contributed by atoms with E-state index >= 15 is 0 Å². The second-order valence-corrected chi connectivity index (χ2v) is 7.29. The van der Waals surface area contributed by atoms with Crippen LogP contribution in [-0.4, -0.2) is 36.7 Å². The van der Waals surface area contributed by atoms with Gasteiger partial charge in [0.25, 0.3) is 5.91 Å². The molecule has 1 aromatic carbocycles. The number of rotatable bonds is 6. The Hall–Kier alpha value is -2.03. The van der Waals surface area contributed by atoms with Crippen molar-refractivity contribution in [1.29, 1.82) is 0 Å². The maximum absolute atomic E-state index is 14.1. The number of halogens is 2. The summed E-state index contributed by atoms with van der Waals surface area (Å²) in [5, 5.41) is 2.61. The van der Waals surface area contributed by atoms with Crippen molar-refractivity contribution >= 4 is 33.2 Å². The zero-order valence-corrected chi connectivity index (χ0v) is 15.2. The Labute approximate surface area is 150 Å². The number of nitrogens with one attached hydrogen (secondary N) is 1. The molecule has 0 bridgehead atoms. The maximum Gasteiger partial charge on any atom is 0.255 e. The van der Waals surface area contributed by atoms with Crippen LogP contribution in [0.2, 0.25) is 5.15 Å². The van der Waals surface area contributed by atoms with E-state index in [1.807, 2.05) is 0 Å². The number of pyridine rings is 1. The number of amides is 1. The molecule has 0 radical (unpaired) electrons. The molecule has 25 heavy (non-hydrogen) atoms. The summed E-state index contributed by atoms with van der Waals surface area (Å²) in [4.78, 5) is 15.6. The Morgan fingerprint density at radius 1 is 1.28 bits per heavy atom. The van der Waals surface area contributed by atoms with Crippen molar-refractivity contribution in [2.45, 2.75) is 18.7 Å². The highest BCUT2D eigenvalue weighted by atomic mass is 35.5. The number of sulfonamides is 1. The van der Waals surface area contributed by atoms with Crippen LogP contribution in [-0.2, 0) is 10.0 Å². The third-order valence-electron chi connectivity index (χ3n) is 3.52. The minimum atomic E-state index is -4.03. The summed E-state index contributed by atoms with van der Waals surface area (Å²) >= 11 is 5.88. The van der Waals surface area contributed by atoms with Crippen molar-refractivity contribution in [3.05, 3.63) is 53.1 Å². The van der Waals surface area contributed by atoms with Gasteiger partial charge in [-0.15, -0.1) is 0 Å². The Bertz CT molecular complexity index is 886. The molecule has 0 aliphatic heterocycles. The van der Waals surface area contributed by atoms with Crippen molar-refractivity contribution in [3.63, 3.8) is 0 Å². The molecule has 0 spiro atoms. The molecular weight excluding hydrogens is 369 g/mol. The van der Waals surface area contributed by atoms with E-state index in [1.54, 1.807) is 26.0 Å². The number of anilines is 1. The third-order valence-corrected chi connectivity index (χ3v) is 5.89. The molecule has 1 heterocycles. The van der Waals surface area contributed by atoms with Crippen LogP contribution in [0.1, 0.15) is 24.2 Å². The normalized spacial score (nSPS) is 11.6. The lowest BCUT2D eigenvalue weighted by Crippen LogP contribution is -2.31. The van der Waals surface area contributed by atoms with Gasteiger partial charge in [0.2, 0.25) is 10.0 Å². The summed E-state index contributed by atoms with van der Waals surface area (Å²) in [6.07, 6.45) is 1.46. The average Bonchev–Trinajstić information content (AvgIpc) is 2.58. The second-order valence-electron chi connectivity index (χ2n) is 5.03. The van der Waals surface area contributed by atoms with Crippen molar-refractivity contribution in [2.75, 3.05) is 18.4 Å². The van der Waals surface area contributed by atoms with Crippen LogP contribution in [0.3, 0.4) is 0 Å². The summed E-state index contributed by atoms with van der Waals surface area (Å²) in [6, 6.07) is 6.31. The highest BCUT2D eigenvalue weighted by Crippen LogP contribution is 2.23. The van der Waals surface area contributed by atoms with Gasteiger partial charge in [-0.2, -0.15) is 4.31 Å². The number of carbonyl (C=O) groups is 1. The van der Waals surface area contributed by atoms with E-state index in [0.29, 0.717) is 0 Å². The number of carbonyl (C=O) groups excluding carboxylic acids is 1. The van der Waals surface area contributed by atoms with Gasteiger partial charge in [-0.3, -0.25) is 4.79 Å². The molecule has 2 rings (SSSR count). The first-order valence-electron chi connectivity index (χ1n) is 7.52. The number of nitrogens with zero attached hydrogens (tertiary/aromatic N) is 2. The first kappa shape index (κ1) is 19.3. The number of aromatic nitrogens is 1. The summed E-state index contributed by atoms with van der Waals surface area (Å²) in [7, 11) is -4.03. The molecule has 1 N–H and O–H groups in total. The van der Waals surface area contributed by atoms with Crippen LogP contribution in [0.4, 0.5) is 10.1 Å². The summed E-state index contributed by atoms with van der Waals surface area (Å²) in [6.45, 7) is 3.69. The van der Waals surface area contributed by atoms with E-state index in [-0.39, 0.29) is 29.5 Å². The van der Waals surface area contributed by atoms with Crippen LogP contribution < -0.4 is 5.32 Å². The zero-order valence-electron chi connectivity index (χ0n) is 13.7. The molecule has 2 aromatic rings. The number of hydrogen-bond donors (Lipinski definition) is 1. The van der Waals surface area contributed by atoms with Crippen LogP contribution in [0.15, 0.2) is 41.4 Å². The highest BCUT2D eigenvalue weighted by molar-refractivity contribution is 7.89. The average molecular weight is 386 g/mol. The van der Waals surface area contributed by atoms with Crippen molar-refractivity contribution in [2.24, 2.45) is 0 Å². The topological polar surface area (TPSA) is 79.4 Å². The molecule has 0 saturated heterocycles. The van der Waals surface area contributed by atoms with Crippen LogP contribution in [0.5, 0.6) is 0 Å². The van der Waals surface area contributed by atoms with Gasteiger partial charge in [-0.1, -0.05) is 25.4 Å². The molecule has 0 saturated carbocycles. The zero-order chi connectivity index (χ0) is 18.6. The van der Waals surface area contributed by atoms with Crippen LogP contribution in [0, 0.1) is 5.82 Å². The van der Waals surface area contributed by atoms with E-state index in [9.17, 15) is 17.6 Å². The molecular formula is C16H17ClFN3O3S. The number of benzene rings is 1. The van der Waals surface area contributed by atoms with Gasteiger partial charge in [0.05, 0.1) is 5.69 Å². The van der Waals surface area contributed by atoms with Gasteiger partial charge in [0.1, 0.15) is 10.7 Å². The first-order chi connectivity index (χ1) is 11.8. The van der Waals surface area contributed by atoms with E-state index in [2.05, 4.69) is 10.3 Å². The van der Waals surface area contributed by atoms with E-state index < -0.39 is 26.6 Å². The van der Waals surface area contributed by atoms with Gasteiger partial charge in [-0.25, -0.2) is 17.8 Å². The predicted molar refractivity (Wildman–Crippen MR) is 93.7 cm³/mol. The highest BCUT2D eigenvalue weighted by Gasteiger charge is 2.26. The molecule has 0 atom stereocenters. The van der Waals surface area contributed by atoms with Crippen molar-refractivity contribution in [3.8, 4) is 0 Å². The molecule has 1 aromatic heterocycles. The molecule has 0 unspecified atom stereocenters. The maximum atomic E-state index is 14.1. The standard InChI is InChI=1S/C16H17ClFN3O3S/c1-3-21(4-2)25(23,24)14-10-11(7-8-12(14)18)16(22)20-13-6-5-9-19-15(13)17/h5-10H,3-4H2,1-2H3,(H,20,22). The van der Waals surface area contributed by atoms with E-state index in [0.717, 1.165) is 16.4 Å². The fourth-order valence-corrected chi connectivity index (χ4v) is 3.93. The second kappa shape index (κ2) is 7.90. The quantitative estimate of drug-likeness (QED) is 0.774. The fourth-order valence-electron chi connectivity index (χ4n) is 2.22. The summed E-state index contributed by atoms with van der Waals surface area (Å²) in [5.41, 5.74) is 0.263. The van der Waals surface area contributed by atoms with E-state index in [4.69, 9.17) is 11.6 Å². The first-order valence-corrected chi connectivity index (χ1v) is 9.34. The van der Waals surface area contributed by atoms with Gasteiger partial charge in [0.15, 0.2) is 5.15 Å². The molecule has 134 valence electrons. The predicted octanol–water partition coefficient (Wildman–Crippen LogP) is 3.16. The lowest BCUT2D eigenvalue weighted by Gasteiger charge is -2.19. The lowest BCUT2D eigenvalue weighted by molar-refractivity contribution is 0.102. The Morgan fingerprint density at radius 3 is 2.56 bits per heavy atom. The molecule has 0 aliphatic rings. The largest absolute Gasteiger partial charge is 0.319 e. The minimum absolute atomic E-state index is 0.00736. The number of hydrogen-bond acceptors (Lipinski definition) is 4. The van der Waals surface area contributed by atoms with Crippen molar-refractivity contribution < 1.29 is 17.6 Å². The van der Waals surface area contributed by atoms with Gasteiger partial charge in [-0.05, 0) is 30.3 Å². The van der Waals surface area contributed by atoms with E-state index in [1.165, 1.54) is 12.3 Å². The van der Waals surface area contributed by atoms with Gasteiger partial charge in [0, 0.05) is 24.8 Å². The van der Waals surface area contributed by atoms with Gasteiger partial charge >= 0.3 is 0 Å². The van der Waals surface area contributed by atoms with Crippen molar-refractivity contribution in [1.82, 2.24) is 9.29 Å².